The Morgan fingerprint density at radius 1 is 1.00 bits per heavy atom. The SMILES string of the molecule is Cc1cc2ccc(F)c(C#C[Si](C(C)C)(C(C)C)C(C)C)c2c(-c2ncc3c(N4CC5CCC(C4)N5C(=O)OC(C)(C)C)nc(OCC4(CN5CC=C[C@@H]5C5(O)CC5)CC4)nc3c2F)c1OS(=O)(=O)O. The van der Waals surface area contributed by atoms with Crippen molar-refractivity contribution in [3.05, 3.63) is 59.3 Å². The van der Waals surface area contributed by atoms with Gasteiger partial charge >= 0.3 is 22.5 Å². The fraction of sp³-hybridized carbons (Fsp3) is 0.577. The van der Waals surface area contributed by atoms with Crippen LogP contribution in [0.15, 0.2) is 36.5 Å². The van der Waals surface area contributed by atoms with Gasteiger partial charge in [-0.05, 0) is 106 Å². The zero-order valence-corrected chi connectivity index (χ0v) is 43.7. The van der Waals surface area contributed by atoms with Crippen molar-refractivity contribution >= 4 is 52.1 Å². The van der Waals surface area contributed by atoms with Crippen LogP contribution in [0.3, 0.4) is 0 Å². The first kappa shape index (κ1) is 50.0. The van der Waals surface area contributed by atoms with Gasteiger partial charge in [0.1, 0.15) is 36.5 Å². The van der Waals surface area contributed by atoms with Crippen molar-refractivity contribution in [3.63, 3.8) is 0 Å². The Bertz CT molecular complexity index is 2930. The lowest BCUT2D eigenvalue weighted by Crippen LogP contribution is -2.57. The summed E-state index contributed by atoms with van der Waals surface area (Å²) < 4.78 is 87.8. The van der Waals surface area contributed by atoms with Crippen molar-refractivity contribution in [2.24, 2.45) is 5.41 Å². The number of halogens is 2. The van der Waals surface area contributed by atoms with Gasteiger partial charge in [-0.2, -0.15) is 18.4 Å². The first-order valence-corrected chi connectivity index (χ1v) is 28.3. The molecule has 18 heteroatoms. The molecule has 3 atom stereocenters. The van der Waals surface area contributed by atoms with Gasteiger partial charge in [0.25, 0.3) is 0 Å². The highest BCUT2D eigenvalue weighted by molar-refractivity contribution is 7.81. The quantitative estimate of drug-likeness (QED) is 0.0563. The fourth-order valence-electron chi connectivity index (χ4n) is 11.8. The van der Waals surface area contributed by atoms with Gasteiger partial charge in [-0.25, -0.2) is 13.6 Å². The molecule has 2 aromatic carbocycles. The number of rotatable bonds is 13. The van der Waals surface area contributed by atoms with E-state index in [9.17, 15) is 22.9 Å². The van der Waals surface area contributed by atoms with Crippen molar-refractivity contribution in [3.8, 4) is 34.5 Å². The first-order chi connectivity index (χ1) is 32.8. The number of amides is 1. The highest BCUT2D eigenvalue weighted by atomic mass is 32.3. The minimum atomic E-state index is -5.22. The van der Waals surface area contributed by atoms with E-state index in [2.05, 4.69) is 75.0 Å². The van der Waals surface area contributed by atoms with E-state index in [1.54, 1.807) is 17.9 Å². The number of aryl methyl sites for hydroxylation is 1. The molecule has 0 spiro atoms. The average molecular weight is 1000 g/mol. The van der Waals surface area contributed by atoms with E-state index in [0.717, 1.165) is 38.5 Å². The second kappa shape index (κ2) is 18.0. The second-order valence-electron chi connectivity index (χ2n) is 22.5. The van der Waals surface area contributed by atoms with Crippen LogP contribution in [0.5, 0.6) is 11.8 Å². The molecule has 376 valence electrons. The van der Waals surface area contributed by atoms with Gasteiger partial charge in [-0.15, -0.1) is 5.54 Å². The zero-order chi connectivity index (χ0) is 50.5. The van der Waals surface area contributed by atoms with E-state index in [1.165, 1.54) is 18.3 Å². The molecule has 3 aliphatic heterocycles. The number of aromatic nitrogens is 3. The Morgan fingerprint density at radius 3 is 2.24 bits per heavy atom. The standard InChI is InChI=1S/C52H66F2N6O8SSi/c1-30(2)70(31(3)4,32(5)6)23-17-37-39(53)16-13-34-24-33(7)46(68-69(63,64)65)42(41(34)37)45-43(54)44-38(25-55-45)47(59-26-35-14-15-36(27-59)60(35)49(61)67-50(8,9)10)57-48(56-44)66-29-51(18-19-51)28-58-22-11-12-40(58)52(62)20-21-52/h11-13,16,24-25,30-32,35-36,40,62H,14-15,18-22,26-29H2,1-10H3,(H,63,64,65)/t35?,36?,40-/m1/s1. The van der Waals surface area contributed by atoms with Crippen LogP contribution in [0.25, 0.3) is 32.9 Å². The summed E-state index contributed by atoms with van der Waals surface area (Å²) in [5, 5.41) is 11.8. The maximum Gasteiger partial charge on any atom is 0.446 e. The van der Waals surface area contributed by atoms with Crippen LogP contribution in [-0.4, -0.2) is 119 Å². The van der Waals surface area contributed by atoms with E-state index in [0.29, 0.717) is 37.4 Å². The summed E-state index contributed by atoms with van der Waals surface area (Å²) in [6.45, 7) is 22.1. The molecular formula is C52H66F2N6O8SSi. The molecule has 2 aliphatic carbocycles. The normalized spacial score (nSPS) is 21.8. The van der Waals surface area contributed by atoms with Gasteiger partial charge in [-0.1, -0.05) is 65.7 Å². The zero-order valence-electron chi connectivity index (χ0n) is 41.9. The van der Waals surface area contributed by atoms with E-state index in [1.807, 2.05) is 25.7 Å². The molecule has 5 heterocycles. The van der Waals surface area contributed by atoms with Gasteiger partial charge in [0, 0.05) is 43.2 Å². The number of carbonyl (C=O) groups is 1. The number of hydrogen-bond acceptors (Lipinski definition) is 12. The summed E-state index contributed by atoms with van der Waals surface area (Å²) in [6, 6.07) is 3.76. The number of anilines is 1. The molecular weight excluding hydrogens is 935 g/mol. The predicted molar refractivity (Wildman–Crippen MR) is 268 cm³/mol. The first-order valence-electron chi connectivity index (χ1n) is 24.7. The molecule has 0 radical (unpaired) electrons. The number of nitrogens with zero attached hydrogens (tertiary/aromatic N) is 6. The summed E-state index contributed by atoms with van der Waals surface area (Å²) in [7, 11) is -7.70. The van der Waals surface area contributed by atoms with Crippen molar-refractivity contribution in [2.45, 2.75) is 154 Å². The number of benzene rings is 2. The molecule has 2 saturated heterocycles. The van der Waals surface area contributed by atoms with Crippen molar-refractivity contribution in [1.82, 2.24) is 24.8 Å². The molecule has 2 saturated carbocycles. The molecule has 2 bridgehead atoms. The molecule has 9 rings (SSSR count). The van der Waals surface area contributed by atoms with E-state index >= 15 is 8.78 Å². The summed E-state index contributed by atoms with van der Waals surface area (Å²) in [6.07, 6.45) is 9.90. The van der Waals surface area contributed by atoms with E-state index in [4.69, 9.17) is 23.6 Å². The minimum Gasteiger partial charge on any atom is -0.463 e. The summed E-state index contributed by atoms with van der Waals surface area (Å²) in [5.74, 6) is 1.39. The number of hydrogen-bond donors (Lipinski definition) is 2. The molecule has 1 amide bonds. The highest BCUT2D eigenvalue weighted by Crippen LogP contribution is 2.51. The lowest BCUT2D eigenvalue weighted by Gasteiger charge is -2.42. The third-order valence-electron chi connectivity index (χ3n) is 15.5. The summed E-state index contributed by atoms with van der Waals surface area (Å²) >= 11 is 0. The summed E-state index contributed by atoms with van der Waals surface area (Å²) in [4.78, 5) is 33.9. The van der Waals surface area contributed by atoms with Crippen molar-refractivity contribution < 1.29 is 45.3 Å². The van der Waals surface area contributed by atoms with Crippen LogP contribution in [0.1, 0.15) is 112 Å². The minimum absolute atomic E-state index is 0.0588. The molecule has 70 heavy (non-hydrogen) atoms. The van der Waals surface area contributed by atoms with Crippen molar-refractivity contribution in [2.75, 3.05) is 37.7 Å². The number of piperazine rings is 1. The fourth-order valence-corrected chi connectivity index (χ4v) is 17.4. The predicted octanol–water partition coefficient (Wildman–Crippen LogP) is 9.70. The summed E-state index contributed by atoms with van der Waals surface area (Å²) in [5.41, 5.74) is 1.77. The number of pyridine rings is 1. The maximum absolute atomic E-state index is 18.2. The smallest absolute Gasteiger partial charge is 0.446 e. The highest BCUT2D eigenvalue weighted by Gasteiger charge is 2.54. The Hall–Kier alpha value is -4.93. The average Bonchev–Trinajstić information content (AvgIpc) is 4.13. The molecule has 14 nitrogen and oxygen atoms in total. The van der Waals surface area contributed by atoms with Gasteiger partial charge in [0.2, 0.25) is 0 Å². The third-order valence-corrected chi connectivity index (χ3v) is 22.2. The number of ether oxygens (including phenoxy) is 2. The Balaban J connectivity index is 1.20. The molecule has 2 unspecified atom stereocenters. The van der Waals surface area contributed by atoms with Crippen LogP contribution < -0.4 is 13.8 Å². The van der Waals surface area contributed by atoms with Crippen LogP contribution in [0.2, 0.25) is 16.6 Å². The van der Waals surface area contributed by atoms with Crippen LogP contribution >= 0.6 is 0 Å². The Kier molecular flexibility index (Phi) is 12.8. The lowest BCUT2D eigenvalue weighted by atomic mass is 9.93. The van der Waals surface area contributed by atoms with Gasteiger partial charge in [0.05, 0.1) is 46.8 Å². The van der Waals surface area contributed by atoms with Crippen LogP contribution in [-0.2, 0) is 15.1 Å². The molecule has 2 N–H and O–H groups in total. The van der Waals surface area contributed by atoms with Gasteiger partial charge in [-0.3, -0.25) is 19.3 Å². The third kappa shape index (κ3) is 9.37. The molecule has 5 aliphatic rings. The molecule has 4 aromatic rings. The monoisotopic (exact) mass is 1000 g/mol. The Morgan fingerprint density at radius 2 is 1.66 bits per heavy atom. The maximum atomic E-state index is 18.2. The molecule has 2 aromatic heterocycles. The number of carbonyl (C=O) groups excluding carboxylic acids is 1. The van der Waals surface area contributed by atoms with Crippen LogP contribution in [0, 0.1) is 35.4 Å². The number of fused-ring (bicyclic) bond motifs is 4. The van der Waals surface area contributed by atoms with E-state index in [-0.39, 0.29) is 85.8 Å². The second-order valence-corrected chi connectivity index (χ2v) is 29.1. The molecule has 4 fully saturated rings. The lowest BCUT2D eigenvalue weighted by molar-refractivity contribution is 0.0122. The van der Waals surface area contributed by atoms with Crippen molar-refractivity contribution in [1.29, 1.82) is 0 Å². The van der Waals surface area contributed by atoms with E-state index < -0.39 is 58.8 Å². The van der Waals surface area contributed by atoms with Gasteiger partial charge in [0.15, 0.2) is 11.6 Å². The van der Waals surface area contributed by atoms with Crippen LogP contribution in [0.4, 0.5) is 19.4 Å². The van der Waals surface area contributed by atoms with Gasteiger partial charge < -0.3 is 23.7 Å². The largest absolute Gasteiger partial charge is 0.463 e. The number of aliphatic hydroxyl groups is 1. The topological polar surface area (TPSA) is 168 Å². The Labute approximate surface area is 411 Å².